The third kappa shape index (κ3) is 7.63. The number of carbonyl (C=O) groups excluding carboxylic acids is 1. The molecular formula is C28H21F6N3O3S. The molecule has 0 bridgehead atoms. The largest absolute Gasteiger partial charge is 0.481 e. The van der Waals surface area contributed by atoms with E-state index in [-0.39, 0.29) is 25.1 Å². The van der Waals surface area contributed by atoms with Gasteiger partial charge in [0.15, 0.2) is 5.13 Å². The van der Waals surface area contributed by atoms with Crippen molar-refractivity contribution in [1.29, 1.82) is 0 Å². The molecule has 4 rings (SSSR count). The highest BCUT2D eigenvalue weighted by molar-refractivity contribution is 7.14. The van der Waals surface area contributed by atoms with Gasteiger partial charge in [0.05, 0.1) is 29.8 Å². The number of anilines is 2. The Labute approximate surface area is 233 Å². The maximum atomic E-state index is 13.0. The zero-order valence-corrected chi connectivity index (χ0v) is 21.8. The highest BCUT2D eigenvalue weighted by atomic mass is 32.1. The molecule has 6 nitrogen and oxygen atoms in total. The van der Waals surface area contributed by atoms with Crippen LogP contribution in [0.5, 0.6) is 0 Å². The fraction of sp³-hybridized carbons (Fsp3) is 0.179. The van der Waals surface area contributed by atoms with E-state index in [9.17, 15) is 35.9 Å². The number of carbonyl (C=O) groups is 2. The molecule has 0 saturated heterocycles. The van der Waals surface area contributed by atoms with Gasteiger partial charge in [-0.2, -0.15) is 26.3 Å². The van der Waals surface area contributed by atoms with Crippen LogP contribution < -0.4 is 10.2 Å². The maximum absolute atomic E-state index is 13.0. The first-order chi connectivity index (χ1) is 19.3. The standard InChI is InChI=1S/C28H21F6N3O3S/c29-27(30,31)20-7-1-17(2-8-20)15-37(22-11-5-19(6-12-22)25(40)35-14-13-24(38)39)26-36-23(16-41-26)18-3-9-21(10-4-18)28(32,33)34/h1-12,16H,13-15H2,(H,35,40)(H,38,39). The van der Waals surface area contributed by atoms with Crippen molar-refractivity contribution in [2.75, 3.05) is 11.4 Å². The quantitative estimate of drug-likeness (QED) is 0.198. The summed E-state index contributed by atoms with van der Waals surface area (Å²) in [5.74, 6) is -1.54. The molecule has 0 aliphatic rings. The smallest absolute Gasteiger partial charge is 0.416 e. The number of carboxylic acids is 1. The first kappa shape index (κ1) is 29.6. The predicted octanol–water partition coefficient (Wildman–Crippen LogP) is 7.39. The molecule has 0 fully saturated rings. The van der Waals surface area contributed by atoms with Gasteiger partial charge in [-0.3, -0.25) is 9.59 Å². The van der Waals surface area contributed by atoms with Crippen LogP contribution >= 0.6 is 11.3 Å². The number of thiazole rings is 1. The third-order valence-corrected chi connectivity index (χ3v) is 6.78. The number of aromatic nitrogens is 1. The van der Waals surface area contributed by atoms with E-state index < -0.39 is 35.4 Å². The molecule has 41 heavy (non-hydrogen) atoms. The number of nitrogens with one attached hydrogen (secondary N) is 1. The monoisotopic (exact) mass is 593 g/mol. The van der Waals surface area contributed by atoms with Crippen LogP contribution in [-0.2, 0) is 23.7 Å². The topological polar surface area (TPSA) is 82.5 Å². The van der Waals surface area contributed by atoms with Crippen LogP contribution in [0.1, 0.15) is 33.5 Å². The van der Waals surface area contributed by atoms with Gasteiger partial charge in [-0.05, 0) is 54.1 Å². The predicted molar refractivity (Wildman–Crippen MR) is 141 cm³/mol. The molecule has 0 radical (unpaired) electrons. The summed E-state index contributed by atoms with van der Waals surface area (Å²) in [7, 11) is 0. The molecule has 1 amide bonds. The summed E-state index contributed by atoms with van der Waals surface area (Å²) in [5.41, 5.74) is 0.588. The second-order valence-electron chi connectivity index (χ2n) is 8.82. The molecule has 0 spiro atoms. The number of alkyl halides is 6. The van der Waals surface area contributed by atoms with E-state index in [1.165, 1.54) is 47.7 Å². The molecule has 2 N–H and O–H groups in total. The van der Waals surface area contributed by atoms with E-state index in [4.69, 9.17) is 5.11 Å². The molecule has 3 aromatic carbocycles. The van der Waals surface area contributed by atoms with Crippen LogP contribution in [0.25, 0.3) is 11.3 Å². The van der Waals surface area contributed by atoms with E-state index in [0.29, 0.717) is 27.6 Å². The van der Waals surface area contributed by atoms with Crippen molar-refractivity contribution in [2.24, 2.45) is 0 Å². The van der Waals surface area contributed by atoms with Crippen LogP contribution in [0.15, 0.2) is 78.2 Å². The van der Waals surface area contributed by atoms with Crippen LogP contribution in [-0.4, -0.2) is 28.5 Å². The normalized spacial score (nSPS) is 11.8. The minimum atomic E-state index is -4.50. The lowest BCUT2D eigenvalue weighted by molar-refractivity contribution is -0.138. The van der Waals surface area contributed by atoms with Gasteiger partial charge in [0.25, 0.3) is 5.91 Å². The zero-order chi connectivity index (χ0) is 29.8. The lowest BCUT2D eigenvalue weighted by Crippen LogP contribution is -2.26. The Kier molecular flexibility index (Phi) is 8.66. The van der Waals surface area contributed by atoms with Crippen molar-refractivity contribution >= 4 is 34.0 Å². The minimum Gasteiger partial charge on any atom is -0.481 e. The maximum Gasteiger partial charge on any atom is 0.416 e. The molecule has 13 heteroatoms. The van der Waals surface area contributed by atoms with Crippen LogP contribution in [0, 0.1) is 0 Å². The van der Waals surface area contributed by atoms with Gasteiger partial charge in [0, 0.05) is 28.7 Å². The number of hydrogen-bond donors (Lipinski definition) is 2. The van der Waals surface area contributed by atoms with Crippen molar-refractivity contribution in [3.8, 4) is 11.3 Å². The lowest BCUT2D eigenvalue weighted by Gasteiger charge is -2.23. The Morgan fingerprint density at radius 1 is 0.829 bits per heavy atom. The number of carboxylic acid groups (broad SMARTS) is 1. The number of aliphatic carboxylic acids is 1. The van der Waals surface area contributed by atoms with E-state index in [0.717, 1.165) is 24.3 Å². The highest BCUT2D eigenvalue weighted by Gasteiger charge is 2.31. The van der Waals surface area contributed by atoms with E-state index >= 15 is 0 Å². The van der Waals surface area contributed by atoms with Gasteiger partial charge in [-0.1, -0.05) is 24.3 Å². The Balaban J connectivity index is 1.62. The highest BCUT2D eigenvalue weighted by Crippen LogP contribution is 2.36. The van der Waals surface area contributed by atoms with Crippen LogP contribution in [0.2, 0.25) is 0 Å². The lowest BCUT2D eigenvalue weighted by atomic mass is 10.1. The molecule has 1 heterocycles. The Bertz CT molecular complexity index is 1500. The molecule has 0 aliphatic heterocycles. The van der Waals surface area contributed by atoms with Gasteiger partial charge in [-0.15, -0.1) is 11.3 Å². The van der Waals surface area contributed by atoms with Crippen molar-refractivity contribution in [3.05, 3.63) is 100 Å². The second-order valence-corrected chi connectivity index (χ2v) is 9.65. The van der Waals surface area contributed by atoms with Gasteiger partial charge in [0.1, 0.15) is 0 Å². The first-order valence-corrected chi connectivity index (χ1v) is 12.9. The number of nitrogens with zero attached hydrogens (tertiary/aromatic N) is 2. The summed E-state index contributed by atoms with van der Waals surface area (Å²) in [4.78, 5) is 29.3. The Morgan fingerprint density at radius 2 is 1.39 bits per heavy atom. The summed E-state index contributed by atoms with van der Waals surface area (Å²) < 4.78 is 78.0. The summed E-state index contributed by atoms with van der Waals surface area (Å²) in [5, 5.41) is 13.3. The average Bonchev–Trinajstić information content (AvgIpc) is 3.41. The van der Waals surface area contributed by atoms with Gasteiger partial charge < -0.3 is 15.3 Å². The van der Waals surface area contributed by atoms with Crippen LogP contribution in [0.4, 0.5) is 37.2 Å². The summed E-state index contributed by atoms with van der Waals surface area (Å²) in [6.45, 7) is 0.0457. The van der Waals surface area contributed by atoms with Crippen molar-refractivity contribution in [2.45, 2.75) is 25.3 Å². The molecule has 0 aliphatic carbocycles. The zero-order valence-electron chi connectivity index (χ0n) is 21.0. The molecule has 1 aromatic heterocycles. The third-order valence-electron chi connectivity index (χ3n) is 5.92. The number of benzene rings is 3. The average molecular weight is 594 g/mol. The Hall–Kier alpha value is -4.39. The first-order valence-electron chi connectivity index (χ1n) is 12.0. The van der Waals surface area contributed by atoms with Crippen LogP contribution in [0.3, 0.4) is 0 Å². The van der Waals surface area contributed by atoms with E-state index in [2.05, 4.69) is 10.3 Å². The number of rotatable bonds is 9. The summed E-state index contributed by atoms with van der Waals surface area (Å²) in [6, 6.07) is 15.4. The van der Waals surface area contributed by atoms with Gasteiger partial charge in [-0.25, -0.2) is 4.98 Å². The van der Waals surface area contributed by atoms with E-state index in [1.807, 2.05) is 0 Å². The van der Waals surface area contributed by atoms with Gasteiger partial charge >= 0.3 is 18.3 Å². The number of amides is 1. The molecule has 214 valence electrons. The summed E-state index contributed by atoms with van der Waals surface area (Å²) in [6.07, 6.45) is -9.22. The van der Waals surface area contributed by atoms with Crippen molar-refractivity contribution < 1.29 is 41.0 Å². The molecule has 0 atom stereocenters. The second kappa shape index (κ2) is 12.0. The number of hydrogen-bond acceptors (Lipinski definition) is 5. The molecule has 4 aromatic rings. The van der Waals surface area contributed by atoms with Crippen molar-refractivity contribution in [3.63, 3.8) is 0 Å². The van der Waals surface area contributed by atoms with Gasteiger partial charge in [0.2, 0.25) is 0 Å². The van der Waals surface area contributed by atoms with Crippen molar-refractivity contribution in [1.82, 2.24) is 10.3 Å². The SMILES string of the molecule is O=C(O)CCNC(=O)c1ccc(N(Cc2ccc(C(F)(F)F)cc2)c2nc(-c3ccc(C(F)(F)F)cc3)cs2)cc1. The number of halogens is 6. The molecular weight excluding hydrogens is 572 g/mol. The fourth-order valence-electron chi connectivity index (χ4n) is 3.78. The Morgan fingerprint density at radius 3 is 1.93 bits per heavy atom. The minimum absolute atomic E-state index is 0.0538. The fourth-order valence-corrected chi connectivity index (χ4v) is 4.63. The molecule has 0 unspecified atom stereocenters. The summed E-state index contributed by atoms with van der Waals surface area (Å²) >= 11 is 1.19. The molecule has 0 saturated carbocycles. The van der Waals surface area contributed by atoms with E-state index in [1.54, 1.807) is 22.4 Å².